The molecule has 0 atom stereocenters. The lowest BCUT2D eigenvalue weighted by molar-refractivity contribution is -0.134. The van der Waals surface area contributed by atoms with Crippen LogP contribution >= 0.6 is 0 Å². The van der Waals surface area contributed by atoms with Crippen LogP contribution < -0.4 is 0 Å². The highest BCUT2D eigenvalue weighted by atomic mass is 16.5. The summed E-state index contributed by atoms with van der Waals surface area (Å²) < 4.78 is 6.32. The Kier molecular flexibility index (Phi) is 3.48. The average molecular weight is 243 g/mol. The third-order valence-electron chi connectivity index (χ3n) is 2.51. The van der Waals surface area contributed by atoms with E-state index in [1.54, 1.807) is 28.8 Å². The molecule has 0 spiro atoms. The Morgan fingerprint density at radius 2 is 2.06 bits per heavy atom. The van der Waals surface area contributed by atoms with Crippen LogP contribution in [-0.2, 0) is 9.53 Å². The average Bonchev–Trinajstić information content (AvgIpc) is 2.84. The molecule has 1 N–H and O–H groups in total. The number of aromatic hydroxyl groups is 1. The van der Waals surface area contributed by atoms with Crippen LogP contribution in [0, 0.1) is 0 Å². The molecule has 0 amide bonds. The molecule has 0 saturated carbocycles. The number of aromatic nitrogens is 1. The zero-order valence-electron chi connectivity index (χ0n) is 9.91. The Bertz CT molecular complexity index is 584. The number of carbonyl (C=O) groups is 1. The summed E-state index contributed by atoms with van der Waals surface area (Å²) >= 11 is 0. The largest absolute Gasteiger partial charge is 0.506 e. The highest BCUT2D eigenvalue weighted by Crippen LogP contribution is 2.23. The van der Waals surface area contributed by atoms with Crippen molar-refractivity contribution in [1.29, 1.82) is 0 Å². The molecular weight excluding hydrogens is 230 g/mol. The Morgan fingerprint density at radius 1 is 1.28 bits per heavy atom. The number of phenols is 1. The first-order valence-corrected chi connectivity index (χ1v) is 5.44. The van der Waals surface area contributed by atoms with Crippen LogP contribution in [0.15, 0.2) is 48.7 Å². The maximum atomic E-state index is 11.1. The van der Waals surface area contributed by atoms with Crippen LogP contribution in [0.4, 0.5) is 0 Å². The minimum absolute atomic E-state index is 0.182. The van der Waals surface area contributed by atoms with Crippen molar-refractivity contribution in [2.45, 2.75) is 0 Å². The molecule has 4 heteroatoms. The molecule has 0 unspecified atom stereocenters. The van der Waals surface area contributed by atoms with Crippen molar-refractivity contribution < 1.29 is 14.6 Å². The van der Waals surface area contributed by atoms with E-state index in [-0.39, 0.29) is 5.75 Å². The van der Waals surface area contributed by atoms with Gasteiger partial charge in [-0.1, -0.05) is 12.1 Å². The van der Waals surface area contributed by atoms with Crippen LogP contribution in [0.1, 0.15) is 5.69 Å². The molecule has 1 aromatic carbocycles. The van der Waals surface area contributed by atoms with Crippen molar-refractivity contribution in [3.05, 3.63) is 54.4 Å². The summed E-state index contributed by atoms with van der Waals surface area (Å²) in [6, 6.07) is 10.7. The third-order valence-corrected chi connectivity index (χ3v) is 2.51. The number of carbonyl (C=O) groups excluding carboxylic acids is 1. The third kappa shape index (κ3) is 2.43. The Morgan fingerprint density at radius 3 is 2.78 bits per heavy atom. The van der Waals surface area contributed by atoms with Gasteiger partial charge in [-0.15, -0.1) is 0 Å². The van der Waals surface area contributed by atoms with E-state index in [2.05, 4.69) is 4.74 Å². The van der Waals surface area contributed by atoms with Crippen molar-refractivity contribution in [2.75, 3.05) is 7.11 Å². The molecule has 0 aliphatic heterocycles. The molecule has 1 heterocycles. The summed E-state index contributed by atoms with van der Waals surface area (Å²) in [5.41, 5.74) is 1.44. The fourth-order valence-electron chi connectivity index (χ4n) is 1.64. The highest BCUT2D eigenvalue weighted by molar-refractivity contribution is 5.86. The smallest absolute Gasteiger partial charge is 0.330 e. The quantitative estimate of drug-likeness (QED) is 0.665. The molecule has 0 radical (unpaired) electrons. The van der Waals surface area contributed by atoms with Gasteiger partial charge in [-0.2, -0.15) is 0 Å². The molecule has 92 valence electrons. The fourth-order valence-corrected chi connectivity index (χ4v) is 1.64. The van der Waals surface area contributed by atoms with Crippen LogP contribution in [0.25, 0.3) is 11.8 Å². The minimum Gasteiger partial charge on any atom is -0.506 e. The van der Waals surface area contributed by atoms with Gasteiger partial charge in [0.15, 0.2) is 0 Å². The first-order chi connectivity index (χ1) is 8.72. The van der Waals surface area contributed by atoms with E-state index in [4.69, 9.17) is 0 Å². The van der Waals surface area contributed by atoms with Crippen molar-refractivity contribution >= 4 is 12.0 Å². The zero-order chi connectivity index (χ0) is 13.0. The Balaban J connectivity index is 2.37. The number of rotatable bonds is 3. The lowest BCUT2D eigenvalue weighted by atomic mass is 10.2. The maximum Gasteiger partial charge on any atom is 0.330 e. The van der Waals surface area contributed by atoms with Gasteiger partial charge in [0.1, 0.15) is 5.75 Å². The lowest BCUT2D eigenvalue weighted by Gasteiger charge is -2.08. The molecule has 1 aromatic heterocycles. The fraction of sp³-hybridized carbons (Fsp3) is 0.0714. The van der Waals surface area contributed by atoms with Crippen LogP contribution in [0.2, 0.25) is 0 Å². The van der Waals surface area contributed by atoms with Gasteiger partial charge in [0.25, 0.3) is 0 Å². The Labute approximate surface area is 105 Å². The number of nitrogens with zero attached hydrogens (tertiary/aromatic N) is 1. The number of esters is 1. The number of hydrogen-bond donors (Lipinski definition) is 1. The van der Waals surface area contributed by atoms with Crippen molar-refractivity contribution in [1.82, 2.24) is 4.57 Å². The molecule has 0 aliphatic carbocycles. The lowest BCUT2D eigenvalue weighted by Crippen LogP contribution is -1.97. The monoisotopic (exact) mass is 243 g/mol. The standard InChI is InChI=1S/C14H13NO3/c1-18-14(17)9-8-11-5-4-10-15(11)12-6-2-3-7-13(12)16/h2-10,16H,1H3/b9-8+. The molecule has 4 nitrogen and oxygen atoms in total. The van der Waals surface area contributed by atoms with Crippen LogP contribution in [0.3, 0.4) is 0 Å². The Hall–Kier alpha value is -2.49. The minimum atomic E-state index is -0.417. The maximum absolute atomic E-state index is 11.1. The van der Waals surface area contributed by atoms with Gasteiger partial charge in [-0.25, -0.2) is 4.79 Å². The van der Waals surface area contributed by atoms with Gasteiger partial charge >= 0.3 is 5.97 Å². The van der Waals surface area contributed by atoms with Crippen molar-refractivity contribution in [2.24, 2.45) is 0 Å². The number of benzene rings is 1. The predicted octanol–water partition coefficient (Wildman–Crippen LogP) is 2.37. The number of phenolic OH excluding ortho intramolecular Hbond substituents is 1. The van der Waals surface area contributed by atoms with E-state index in [1.165, 1.54) is 13.2 Å². The number of methoxy groups -OCH3 is 1. The summed E-state index contributed by atoms with van der Waals surface area (Å²) in [6.45, 7) is 0. The van der Waals surface area contributed by atoms with Gasteiger partial charge < -0.3 is 14.4 Å². The van der Waals surface area contributed by atoms with Gasteiger partial charge in [0.2, 0.25) is 0 Å². The van der Waals surface area contributed by atoms with E-state index >= 15 is 0 Å². The normalized spacial score (nSPS) is 10.7. The first-order valence-electron chi connectivity index (χ1n) is 5.44. The van der Waals surface area contributed by atoms with E-state index in [9.17, 15) is 9.90 Å². The topological polar surface area (TPSA) is 51.5 Å². The van der Waals surface area contributed by atoms with Gasteiger partial charge in [0.05, 0.1) is 12.8 Å². The summed E-state index contributed by atoms with van der Waals surface area (Å²) in [6.07, 6.45) is 4.79. The molecule has 0 aliphatic rings. The van der Waals surface area contributed by atoms with Gasteiger partial charge in [0, 0.05) is 18.0 Å². The molecule has 0 saturated heterocycles. The molecule has 2 rings (SSSR count). The molecule has 2 aromatic rings. The highest BCUT2D eigenvalue weighted by Gasteiger charge is 2.05. The SMILES string of the molecule is COC(=O)/C=C/c1cccn1-c1ccccc1O. The van der Waals surface area contributed by atoms with Gasteiger partial charge in [-0.3, -0.25) is 0 Å². The molecular formula is C14H13NO3. The first kappa shape index (κ1) is 12.0. The molecule has 0 bridgehead atoms. The summed E-state index contributed by atoms with van der Waals surface area (Å²) in [5, 5.41) is 9.79. The molecule has 18 heavy (non-hydrogen) atoms. The second-order valence-electron chi connectivity index (χ2n) is 3.65. The van der Waals surface area contributed by atoms with Crippen LogP contribution in [0.5, 0.6) is 5.75 Å². The van der Waals surface area contributed by atoms with E-state index in [1.807, 2.05) is 24.4 Å². The number of ether oxygens (including phenoxy) is 1. The van der Waals surface area contributed by atoms with E-state index in [0.29, 0.717) is 5.69 Å². The summed E-state index contributed by atoms with van der Waals surface area (Å²) in [7, 11) is 1.33. The second kappa shape index (κ2) is 5.23. The zero-order valence-corrected chi connectivity index (χ0v) is 9.91. The summed E-state index contributed by atoms with van der Waals surface area (Å²) in [4.78, 5) is 11.1. The molecule has 0 fully saturated rings. The van der Waals surface area contributed by atoms with Crippen molar-refractivity contribution in [3.8, 4) is 11.4 Å². The van der Waals surface area contributed by atoms with Crippen LogP contribution in [-0.4, -0.2) is 22.8 Å². The summed E-state index contributed by atoms with van der Waals surface area (Å²) in [5.74, 6) is -0.235. The van der Waals surface area contributed by atoms with E-state index in [0.717, 1.165) is 5.69 Å². The second-order valence-corrected chi connectivity index (χ2v) is 3.65. The predicted molar refractivity (Wildman–Crippen MR) is 68.5 cm³/mol. The number of para-hydroxylation sites is 2. The van der Waals surface area contributed by atoms with E-state index < -0.39 is 5.97 Å². The number of hydrogen-bond acceptors (Lipinski definition) is 3. The van der Waals surface area contributed by atoms with Gasteiger partial charge in [-0.05, 0) is 30.3 Å². The van der Waals surface area contributed by atoms with Crippen molar-refractivity contribution in [3.63, 3.8) is 0 Å².